The standard InChI is InChI=1S/C11H6ClF3N6O3S/c12-6-3(16-8(23)18-7(6)22)2-25-9-17-5-1-4(11(13,14)15)20-21(5)10(24)19-9/h1H,2H2,(H,17,19,24)(H2,16,18,22,23). The second-order valence-electron chi connectivity index (χ2n) is 4.63. The molecule has 0 saturated heterocycles. The largest absolute Gasteiger partial charge is 0.435 e. The number of H-pyrrole nitrogens is 3. The molecule has 3 aromatic heterocycles. The SMILES string of the molecule is O=c1[nH]c(CSc2nc3cc(C(F)(F)F)nn3c(=O)[nH]2)c(Cl)c(=O)[nH]1. The molecule has 3 rings (SSSR count). The Hall–Kier alpha value is -2.54. The summed E-state index contributed by atoms with van der Waals surface area (Å²) >= 11 is 6.61. The lowest BCUT2D eigenvalue weighted by molar-refractivity contribution is -0.141. The molecule has 0 fully saturated rings. The van der Waals surface area contributed by atoms with Crippen LogP contribution in [0.4, 0.5) is 13.2 Å². The number of halogens is 4. The van der Waals surface area contributed by atoms with Crippen LogP contribution in [0.5, 0.6) is 0 Å². The van der Waals surface area contributed by atoms with Crippen molar-refractivity contribution >= 4 is 29.0 Å². The third-order valence-electron chi connectivity index (χ3n) is 2.91. The molecular weight excluding hydrogens is 389 g/mol. The molecule has 132 valence electrons. The van der Waals surface area contributed by atoms with Crippen molar-refractivity contribution in [1.82, 2.24) is 29.5 Å². The minimum atomic E-state index is -4.72. The molecule has 0 amide bonds. The number of nitrogens with one attached hydrogen (secondary N) is 3. The van der Waals surface area contributed by atoms with Gasteiger partial charge in [0.25, 0.3) is 5.56 Å². The van der Waals surface area contributed by atoms with E-state index in [0.29, 0.717) is 10.6 Å². The fraction of sp³-hybridized carbons (Fsp3) is 0.182. The number of aromatic nitrogens is 6. The average molecular weight is 395 g/mol. The van der Waals surface area contributed by atoms with E-state index in [1.807, 2.05) is 4.98 Å². The first-order valence-corrected chi connectivity index (χ1v) is 7.72. The molecule has 0 bridgehead atoms. The van der Waals surface area contributed by atoms with Crippen molar-refractivity contribution in [2.24, 2.45) is 0 Å². The molecule has 0 aromatic carbocycles. The predicted molar refractivity (Wildman–Crippen MR) is 80.9 cm³/mol. The lowest BCUT2D eigenvalue weighted by Crippen LogP contribution is -2.24. The summed E-state index contributed by atoms with van der Waals surface area (Å²) in [6.07, 6.45) is -4.72. The molecule has 0 spiro atoms. The molecule has 14 heteroatoms. The Morgan fingerprint density at radius 3 is 2.60 bits per heavy atom. The van der Waals surface area contributed by atoms with E-state index in [1.54, 1.807) is 0 Å². The normalized spacial score (nSPS) is 12.0. The van der Waals surface area contributed by atoms with Gasteiger partial charge in [0.1, 0.15) is 5.02 Å². The lowest BCUT2D eigenvalue weighted by Gasteiger charge is -2.03. The first kappa shape index (κ1) is 17.3. The van der Waals surface area contributed by atoms with E-state index >= 15 is 0 Å². The zero-order valence-electron chi connectivity index (χ0n) is 11.8. The van der Waals surface area contributed by atoms with Crippen LogP contribution in [-0.2, 0) is 11.9 Å². The van der Waals surface area contributed by atoms with Gasteiger partial charge in [0, 0.05) is 11.8 Å². The molecular formula is C11H6ClF3N6O3S. The van der Waals surface area contributed by atoms with Gasteiger partial charge in [0.05, 0.1) is 5.69 Å². The Balaban J connectivity index is 1.94. The summed E-state index contributed by atoms with van der Waals surface area (Å²) < 4.78 is 38.4. The first-order valence-electron chi connectivity index (χ1n) is 6.36. The van der Waals surface area contributed by atoms with Crippen molar-refractivity contribution in [1.29, 1.82) is 0 Å². The molecule has 0 aliphatic rings. The number of alkyl halides is 3. The van der Waals surface area contributed by atoms with Gasteiger partial charge >= 0.3 is 17.6 Å². The van der Waals surface area contributed by atoms with E-state index in [-0.39, 0.29) is 27.3 Å². The zero-order chi connectivity index (χ0) is 18.4. The summed E-state index contributed by atoms with van der Waals surface area (Å²) in [5.74, 6) is -0.0582. The minimum Gasteiger partial charge on any atom is -0.309 e. The second-order valence-corrected chi connectivity index (χ2v) is 5.98. The van der Waals surface area contributed by atoms with Gasteiger partial charge < -0.3 is 4.98 Å². The quantitative estimate of drug-likeness (QED) is 0.562. The van der Waals surface area contributed by atoms with Crippen LogP contribution in [0.3, 0.4) is 0 Å². The Morgan fingerprint density at radius 1 is 1.20 bits per heavy atom. The van der Waals surface area contributed by atoms with Crippen LogP contribution in [0.15, 0.2) is 25.6 Å². The van der Waals surface area contributed by atoms with Crippen molar-refractivity contribution in [3.63, 3.8) is 0 Å². The van der Waals surface area contributed by atoms with Gasteiger partial charge in [-0.2, -0.15) is 22.8 Å². The molecule has 9 nitrogen and oxygen atoms in total. The number of thioether (sulfide) groups is 1. The lowest BCUT2D eigenvalue weighted by atomic mass is 10.4. The number of fused-ring (bicyclic) bond motifs is 1. The van der Waals surface area contributed by atoms with Gasteiger partial charge in [0.2, 0.25) is 0 Å². The summed E-state index contributed by atoms with van der Waals surface area (Å²) in [6.45, 7) is 0. The maximum absolute atomic E-state index is 12.6. The van der Waals surface area contributed by atoms with E-state index < -0.39 is 28.8 Å². The third-order valence-corrected chi connectivity index (χ3v) is 4.21. The van der Waals surface area contributed by atoms with Crippen LogP contribution in [0.1, 0.15) is 11.4 Å². The van der Waals surface area contributed by atoms with Crippen molar-refractivity contribution in [3.05, 3.63) is 53.8 Å². The second kappa shape index (κ2) is 6.07. The number of hydrogen-bond acceptors (Lipinski definition) is 6. The van der Waals surface area contributed by atoms with E-state index in [1.165, 1.54) is 0 Å². The Labute approximate surface area is 143 Å². The van der Waals surface area contributed by atoms with Gasteiger partial charge in [0.15, 0.2) is 16.5 Å². The molecule has 3 heterocycles. The Kier molecular flexibility index (Phi) is 4.20. The van der Waals surface area contributed by atoms with Gasteiger partial charge in [-0.25, -0.2) is 14.6 Å². The van der Waals surface area contributed by atoms with Crippen molar-refractivity contribution in [3.8, 4) is 0 Å². The summed E-state index contributed by atoms with van der Waals surface area (Å²) in [4.78, 5) is 44.8. The number of hydrogen-bond donors (Lipinski definition) is 3. The van der Waals surface area contributed by atoms with Crippen molar-refractivity contribution < 1.29 is 13.2 Å². The molecule has 3 N–H and O–H groups in total. The molecule has 0 saturated carbocycles. The molecule has 0 aliphatic heterocycles. The minimum absolute atomic E-state index is 0.0386. The van der Waals surface area contributed by atoms with Crippen LogP contribution >= 0.6 is 23.4 Å². The van der Waals surface area contributed by atoms with E-state index in [0.717, 1.165) is 11.8 Å². The molecule has 3 aromatic rings. The highest BCUT2D eigenvalue weighted by Gasteiger charge is 2.34. The van der Waals surface area contributed by atoms with Gasteiger partial charge in [-0.15, -0.1) is 0 Å². The van der Waals surface area contributed by atoms with E-state index in [9.17, 15) is 27.6 Å². The predicted octanol–water partition coefficient (Wildman–Crippen LogP) is 0.759. The molecule has 0 unspecified atom stereocenters. The van der Waals surface area contributed by atoms with Gasteiger partial charge in [-0.05, 0) is 0 Å². The maximum Gasteiger partial charge on any atom is 0.435 e. The number of nitrogens with zero attached hydrogens (tertiary/aromatic N) is 3. The smallest absolute Gasteiger partial charge is 0.309 e. The summed E-state index contributed by atoms with van der Waals surface area (Å²) in [5.41, 5.74) is -3.96. The van der Waals surface area contributed by atoms with Crippen LogP contribution in [0.2, 0.25) is 5.02 Å². The maximum atomic E-state index is 12.6. The van der Waals surface area contributed by atoms with Crippen LogP contribution in [0.25, 0.3) is 5.65 Å². The molecule has 25 heavy (non-hydrogen) atoms. The van der Waals surface area contributed by atoms with E-state index in [2.05, 4.69) is 20.1 Å². The van der Waals surface area contributed by atoms with Crippen LogP contribution in [-0.4, -0.2) is 29.5 Å². The summed E-state index contributed by atoms with van der Waals surface area (Å²) in [7, 11) is 0. The molecule has 0 aliphatic carbocycles. The molecule has 0 radical (unpaired) electrons. The number of rotatable bonds is 3. The fourth-order valence-electron chi connectivity index (χ4n) is 1.84. The summed E-state index contributed by atoms with van der Waals surface area (Å²) in [6, 6.07) is 0.626. The topological polar surface area (TPSA) is 129 Å². The fourth-order valence-corrected chi connectivity index (χ4v) is 2.90. The van der Waals surface area contributed by atoms with Crippen molar-refractivity contribution in [2.75, 3.05) is 0 Å². The first-order chi connectivity index (χ1) is 11.6. The highest BCUT2D eigenvalue weighted by Crippen LogP contribution is 2.28. The monoisotopic (exact) mass is 394 g/mol. The number of aromatic amines is 3. The summed E-state index contributed by atoms with van der Waals surface area (Å²) in [5, 5.41) is 2.85. The van der Waals surface area contributed by atoms with Crippen LogP contribution in [0, 0.1) is 0 Å². The van der Waals surface area contributed by atoms with Gasteiger partial charge in [-0.3, -0.25) is 14.8 Å². The van der Waals surface area contributed by atoms with E-state index in [4.69, 9.17) is 11.6 Å². The van der Waals surface area contributed by atoms with Crippen molar-refractivity contribution in [2.45, 2.75) is 17.1 Å². The highest BCUT2D eigenvalue weighted by atomic mass is 35.5. The Morgan fingerprint density at radius 2 is 1.92 bits per heavy atom. The third kappa shape index (κ3) is 3.46. The Bertz CT molecular complexity index is 1130. The highest BCUT2D eigenvalue weighted by molar-refractivity contribution is 7.98. The van der Waals surface area contributed by atoms with Gasteiger partial charge in [-0.1, -0.05) is 23.4 Å². The van der Waals surface area contributed by atoms with Crippen LogP contribution < -0.4 is 16.9 Å². The molecule has 0 atom stereocenters. The average Bonchev–Trinajstić information content (AvgIpc) is 2.94. The zero-order valence-corrected chi connectivity index (χ0v) is 13.3.